The Hall–Kier alpha value is -2.43. The number of nitrogens with one attached hydrogen (secondary N) is 1. The van der Waals surface area contributed by atoms with Crippen molar-refractivity contribution in [2.75, 3.05) is 4.90 Å². The number of hydrogen-bond donors (Lipinski definition) is 1. The molecule has 1 aromatic carbocycles. The van der Waals surface area contributed by atoms with E-state index in [4.69, 9.17) is 0 Å². The average Bonchev–Trinajstić information content (AvgIpc) is 2.52. The molecule has 0 unspecified atom stereocenters. The SMILES string of the molecule is Cc1cc(C(=O)NC(C)C)nc(N(Cc2ccccc2)C(C)C)n1. The van der Waals surface area contributed by atoms with Gasteiger partial charge in [0, 0.05) is 24.3 Å². The minimum atomic E-state index is -0.167. The highest BCUT2D eigenvalue weighted by Gasteiger charge is 2.18. The molecule has 0 saturated heterocycles. The van der Waals surface area contributed by atoms with E-state index < -0.39 is 0 Å². The van der Waals surface area contributed by atoms with Crippen LogP contribution in [0.2, 0.25) is 0 Å². The number of benzene rings is 1. The first-order chi connectivity index (χ1) is 11.4. The van der Waals surface area contributed by atoms with Gasteiger partial charge < -0.3 is 10.2 Å². The van der Waals surface area contributed by atoms with E-state index in [0.717, 1.165) is 5.69 Å². The summed E-state index contributed by atoms with van der Waals surface area (Å²) in [6.07, 6.45) is 0. The van der Waals surface area contributed by atoms with E-state index in [2.05, 4.69) is 46.2 Å². The van der Waals surface area contributed by atoms with Gasteiger partial charge in [0.05, 0.1) is 0 Å². The van der Waals surface area contributed by atoms with Crippen molar-refractivity contribution in [3.8, 4) is 0 Å². The molecule has 0 aliphatic rings. The van der Waals surface area contributed by atoms with E-state index in [1.807, 2.05) is 39.0 Å². The van der Waals surface area contributed by atoms with Gasteiger partial charge in [0.15, 0.2) is 0 Å². The maximum Gasteiger partial charge on any atom is 0.270 e. The van der Waals surface area contributed by atoms with Crippen LogP contribution in [-0.2, 0) is 6.54 Å². The second kappa shape index (κ2) is 7.90. The van der Waals surface area contributed by atoms with Crippen LogP contribution in [0.15, 0.2) is 36.4 Å². The second-order valence-electron chi connectivity index (χ2n) is 6.53. The summed E-state index contributed by atoms with van der Waals surface area (Å²) in [6.45, 7) is 10.7. The summed E-state index contributed by atoms with van der Waals surface area (Å²) in [5.41, 5.74) is 2.38. The van der Waals surface area contributed by atoms with Crippen LogP contribution >= 0.6 is 0 Å². The Labute approximate surface area is 144 Å². The first-order valence-corrected chi connectivity index (χ1v) is 8.34. The fourth-order valence-corrected chi connectivity index (χ4v) is 2.40. The van der Waals surface area contributed by atoms with Crippen LogP contribution in [0.25, 0.3) is 0 Å². The van der Waals surface area contributed by atoms with Crippen LogP contribution in [0.5, 0.6) is 0 Å². The molecule has 0 bridgehead atoms. The molecule has 1 heterocycles. The van der Waals surface area contributed by atoms with Gasteiger partial charge in [-0.25, -0.2) is 9.97 Å². The molecule has 0 radical (unpaired) electrons. The Kier molecular flexibility index (Phi) is 5.90. The zero-order chi connectivity index (χ0) is 17.7. The van der Waals surface area contributed by atoms with Crippen molar-refractivity contribution >= 4 is 11.9 Å². The largest absolute Gasteiger partial charge is 0.349 e. The van der Waals surface area contributed by atoms with Crippen molar-refractivity contribution in [3.05, 3.63) is 53.3 Å². The maximum atomic E-state index is 12.3. The Bertz CT molecular complexity index is 683. The molecule has 0 aliphatic carbocycles. The van der Waals surface area contributed by atoms with E-state index in [0.29, 0.717) is 18.2 Å². The molecule has 2 rings (SSSR count). The molecule has 24 heavy (non-hydrogen) atoms. The second-order valence-corrected chi connectivity index (χ2v) is 6.53. The molecule has 1 N–H and O–H groups in total. The van der Waals surface area contributed by atoms with Crippen LogP contribution in [0.3, 0.4) is 0 Å². The minimum Gasteiger partial charge on any atom is -0.349 e. The number of rotatable bonds is 6. The highest BCUT2D eigenvalue weighted by molar-refractivity contribution is 5.92. The van der Waals surface area contributed by atoms with Gasteiger partial charge >= 0.3 is 0 Å². The zero-order valence-corrected chi connectivity index (χ0v) is 15.1. The number of anilines is 1. The molecule has 1 amide bonds. The number of amides is 1. The van der Waals surface area contributed by atoms with Gasteiger partial charge in [-0.15, -0.1) is 0 Å². The molecule has 5 nitrogen and oxygen atoms in total. The zero-order valence-electron chi connectivity index (χ0n) is 15.1. The fourth-order valence-electron chi connectivity index (χ4n) is 2.40. The predicted molar refractivity (Wildman–Crippen MR) is 97.1 cm³/mol. The Balaban J connectivity index is 2.33. The molecule has 5 heteroatoms. The van der Waals surface area contributed by atoms with E-state index in [1.165, 1.54) is 5.56 Å². The summed E-state index contributed by atoms with van der Waals surface area (Å²) in [5, 5.41) is 2.88. The lowest BCUT2D eigenvalue weighted by Crippen LogP contribution is -2.34. The van der Waals surface area contributed by atoms with Crippen molar-refractivity contribution in [1.82, 2.24) is 15.3 Å². The van der Waals surface area contributed by atoms with Crippen molar-refractivity contribution in [3.63, 3.8) is 0 Å². The maximum absolute atomic E-state index is 12.3. The molecule has 0 atom stereocenters. The highest BCUT2D eigenvalue weighted by Crippen LogP contribution is 2.17. The summed E-state index contributed by atoms with van der Waals surface area (Å²) in [6, 6.07) is 12.2. The van der Waals surface area contributed by atoms with Crippen LogP contribution in [0.4, 0.5) is 5.95 Å². The van der Waals surface area contributed by atoms with Crippen LogP contribution in [0.1, 0.15) is 49.4 Å². The fraction of sp³-hybridized carbons (Fsp3) is 0.421. The van der Waals surface area contributed by atoms with E-state index in [1.54, 1.807) is 6.07 Å². The predicted octanol–water partition coefficient (Wildman–Crippen LogP) is 3.34. The van der Waals surface area contributed by atoms with Gasteiger partial charge in [-0.2, -0.15) is 0 Å². The van der Waals surface area contributed by atoms with Gasteiger partial charge in [0.1, 0.15) is 5.69 Å². The molecule has 128 valence electrons. The lowest BCUT2D eigenvalue weighted by Gasteiger charge is -2.27. The number of aryl methyl sites for hydroxylation is 1. The van der Waals surface area contributed by atoms with Crippen molar-refractivity contribution in [2.45, 2.75) is 53.2 Å². The Morgan fingerprint density at radius 2 is 1.79 bits per heavy atom. The molecule has 0 fully saturated rings. The summed E-state index contributed by atoms with van der Waals surface area (Å²) >= 11 is 0. The summed E-state index contributed by atoms with van der Waals surface area (Å²) in [7, 11) is 0. The molecule has 1 aromatic heterocycles. The quantitative estimate of drug-likeness (QED) is 0.884. The van der Waals surface area contributed by atoms with Gasteiger partial charge in [-0.1, -0.05) is 30.3 Å². The van der Waals surface area contributed by atoms with Crippen LogP contribution in [0, 0.1) is 6.92 Å². The van der Waals surface area contributed by atoms with Gasteiger partial charge in [0.25, 0.3) is 5.91 Å². The number of nitrogens with zero attached hydrogens (tertiary/aromatic N) is 3. The van der Waals surface area contributed by atoms with E-state index >= 15 is 0 Å². The van der Waals surface area contributed by atoms with Gasteiger partial charge in [-0.05, 0) is 46.2 Å². The number of aromatic nitrogens is 2. The average molecular weight is 326 g/mol. The molecule has 0 spiro atoms. The number of carbonyl (C=O) groups is 1. The summed E-state index contributed by atoms with van der Waals surface area (Å²) in [4.78, 5) is 23.5. The van der Waals surface area contributed by atoms with Crippen molar-refractivity contribution in [2.24, 2.45) is 0 Å². The summed E-state index contributed by atoms with van der Waals surface area (Å²) < 4.78 is 0. The third-order valence-corrected chi connectivity index (χ3v) is 3.57. The Morgan fingerprint density at radius 3 is 2.38 bits per heavy atom. The lowest BCUT2D eigenvalue weighted by atomic mass is 10.2. The molecule has 0 saturated carbocycles. The van der Waals surface area contributed by atoms with Crippen molar-refractivity contribution < 1.29 is 4.79 Å². The molecule has 0 aliphatic heterocycles. The smallest absolute Gasteiger partial charge is 0.270 e. The summed E-state index contributed by atoms with van der Waals surface area (Å²) in [5.74, 6) is 0.419. The van der Waals surface area contributed by atoms with Gasteiger partial charge in [0.2, 0.25) is 5.95 Å². The third-order valence-electron chi connectivity index (χ3n) is 3.57. The number of hydrogen-bond acceptors (Lipinski definition) is 4. The lowest BCUT2D eigenvalue weighted by molar-refractivity contribution is 0.0938. The topological polar surface area (TPSA) is 58.1 Å². The normalized spacial score (nSPS) is 11.0. The van der Waals surface area contributed by atoms with Crippen molar-refractivity contribution in [1.29, 1.82) is 0 Å². The van der Waals surface area contributed by atoms with Crippen LogP contribution < -0.4 is 10.2 Å². The third kappa shape index (κ3) is 4.78. The first kappa shape index (κ1) is 17.9. The minimum absolute atomic E-state index is 0.0711. The Morgan fingerprint density at radius 1 is 1.12 bits per heavy atom. The molecular weight excluding hydrogens is 300 g/mol. The van der Waals surface area contributed by atoms with Crippen LogP contribution in [-0.4, -0.2) is 28.0 Å². The molecule has 2 aromatic rings. The van der Waals surface area contributed by atoms with Gasteiger partial charge in [-0.3, -0.25) is 4.79 Å². The first-order valence-electron chi connectivity index (χ1n) is 8.34. The highest BCUT2D eigenvalue weighted by atomic mass is 16.1. The van der Waals surface area contributed by atoms with E-state index in [-0.39, 0.29) is 18.0 Å². The number of carbonyl (C=O) groups excluding carboxylic acids is 1. The molecular formula is C19H26N4O. The standard InChI is InChI=1S/C19H26N4O/c1-13(2)20-18(24)17-11-15(5)21-19(22-17)23(14(3)4)12-16-9-7-6-8-10-16/h6-11,13-14H,12H2,1-5H3,(H,20,24). The monoisotopic (exact) mass is 326 g/mol. The van der Waals surface area contributed by atoms with E-state index in [9.17, 15) is 4.79 Å².